The van der Waals surface area contributed by atoms with E-state index in [0.717, 1.165) is 18.4 Å². The van der Waals surface area contributed by atoms with Crippen LogP contribution in [0.1, 0.15) is 60.1 Å². The molecule has 1 aliphatic carbocycles. The Hall–Kier alpha value is -1.85. The van der Waals surface area contributed by atoms with Crippen LogP contribution in [0.15, 0.2) is 10.6 Å². The molecule has 6 nitrogen and oxygen atoms in total. The lowest BCUT2D eigenvalue weighted by atomic mass is 9.81. The number of aromatic nitrogens is 1. The van der Waals surface area contributed by atoms with E-state index in [4.69, 9.17) is 5.11 Å². The summed E-state index contributed by atoms with van der Waals surface area (Å²) in [6.07, 6.45) is 5.99. The van der Waals surface area contributed by atoms with E-state index >= 15 is 0 Å². The number of hydrogen-bond acceptors (Lipinski definition) is 4. The number of carboxylic acid groups (broad SMARTS) is 1. The molecule has 1 aromatic rings. The number of nitrogens with one attached hydrogen (secondary N) is 1. The van der Waals surface area contributed by atoms with Gasteiger partial charge in [0.25, 0.3) is 5.91 Å². The molecule has 1 aliphatic rings. The Morgan fingerprint density at radius 1 is 1.50 bits per heavy atom. The van der Waals surface area contributed by atoms with Gasteiger partial charge in [-0.25, -0.2) is 4.79 Å². The van der Waals surface area contributed by atoms with Crippen LogP contribution in [0.4, 0.5) is 0 Å². The molecule has 0 spiro atoms. The maximum atomic E-state index is 11.8. The van der Waals surface area contributed by atoms with Crippen LogP contribution in [0.25, 0.3) is 0 Å². The zero-order chi connectivity index (χ0) is 14.5. The van der Waals surface area contributed by atoms with Gasteiger partial charge in [-0.3, -0.25) is 4.79 Å². The summed E-state index contributed by atoms with van der Waals surface area (Å²) in [6, 6.07) is 1.14. The minimum Gasteiger partial charge on any atom is -0.475 e. The molecular formula is C14H20N2O4. The highest BCUT2D eigenvalue weighted by atomic mass is 16.5. The van der Waals surface area contributed by atoms with Crippen LogP contribution in [0, 0.1) is 11.8 Å². The molecule has 1 fully saturated rings. The van der Waals surface area contributed by atoms with Crippen molar-refractivity contribution in [3.8, 4) is 0 Å². The van der Waals surface area contributed by atoms with Gasteiger partial charge in [0.15, 0.2) is 5.69 Å². The topological polar surface area (TPSA) is 92.4 Å². The number of rotatable bonds is 5. The molecule has 0 radical (unpaired) electrons. The Morgan fingerprint density at radius 3 is 2.95 bits per heavy atom. The van der Waals surface area contributed by atoms with Crippen LogP contribution in [-0.2, 0) is 0 Å². The average molecular weight is 280 g/mol. The lowest BCUT2D eigenvalue weighted by molar-refractivity contribution is 0.0651. The molecule has 2 atom stereocenters. The third-order valence-electron chi connectivity index (χ3n) is 3.84. The summed E-state index contributed by atoms with van der Waals surface area (Å²) in [5.74, 6) is -0.488. The Balaban J connectivity index is 1.75. The van der Waals surface area contributed by atoms with E-state index in [0.29, 0.717) is 12.5 Å². The van der Waals surface area contributed by atoms with Gasteiger partial charge in [0.05, 0.1) is 0 Å². The number of carboxylic acids is 1. The predicted octanol–water partition coefficient (Wildman–Crippen LogP) is 2.32. The second-order valence-electron chi connectivity index (χ2n) is 5.56. The number of aromatic carboxylic acids is 1. The van der Waals surface area contributed by atoms with Crippen LogP contribution in [-0.4, -0.2) is 28.7 Å². The van der Waals surface area contributed by atoms with Gasteiger partial charge in [-0.1, -0.05) is 31.3 Å². The predicted molar refractivity (Wildman–Crippen MR) is 71.5 cm³/mol. The monoisotopic (exact) mass is 280 g/mol. The first-order chi connectivity index (χ1) is 9.56. The van der Waals surface area contributed by atoms with Crippen molar-refractivity contribution in [1.82, 2.24) is 10.5 Å². The molecular weight excluding hydrogens is 260 g/mol. The SMILES string of the molecule is CC1CCCC(CCNC(=O)c2cc(C(=O)O)on2)C1. The summed E-state index contributed by atoms with van der Waals surface area (Å²) in [5.41, 5.74) is 0.0133. The Morgan fingerprint density at radius 2 is 2.30 bits per heavy atom. The van der Waals surface area contributed by atoms with Crippen molar-refractivity contribution in [2.24, 2.45) is 11.8 Å². The molecule has 1 saturated carbocycles. The first-order valence-corrected chi connectivity index (χ1v) is 7.04. The molecule has 0 bridgehead atoms. The van der Waals surface area contributed by atoms with Crippen molar-refractivity contribution in [2.45, 2.75) is 39.0 Å². The fourth-order valence-electron chi connectivity index (χ4n) is 2.79. The van der Waals surface area contributed by atoms with Gasteiger partial charge in [-0.15, -0.1) is 0 Å². The van der Waals surface area contributed by atoms with Crippen molar-refractivity contribution in [3.63, 3.8) is 0 Å². The van der Waals surface area contributed by atoms with Crippen molar-refractivity contribution in [2.75, 3.05) is 6.54 Å². The van der Waals surface area contributed by atoms with E-state index < -0.39 is 5.97 Å². The zero-order valence-corrected chi connectivity index (χ0v) is 11.6. The molecule has 110 valence electrons. The summed E-state index contributed by atoms with van der Waals surface area (Å²) < 4.78 is 4.55. The number of hydrogen-bond donors (Lipinski definition) is 2. The molecule has 2 rings (SSSR count). The summed E-state index contributed by atoms with van der Waals surface area (Å²) in [6.45, 7) is 2.86. The van der Waals surface area contributed by atoms with E-state index in [1.54, 1.807) is 0 Å². The highest BCUT2D eigenvalue weighted by Gasteiger charge is 2.20. The molecule has 20 heavy (non-hydrogen) atoms. The number of carbonyl (C=O) groups excluding carboxylic acids is 1. The molecule has 6 heteroatoms. The maximum Gasteiger partial charge on any atom is 0.374 e. The number of amides is 1. The number of carbonyl (C=O) groups is 2. The minimum atomic E-state index is -1.23. The van der Waals surface area contributed by atoms with Crippen molar-refractivity contribution < 1.29 is 19.2 Å². The summed E-state index contributed by atoms with van der Waals surface area (Å²) in [4.78, 5) is 22.4. The van der Waals surface area contributed by atoms with Crippen molar-refractivity contribution >= 4 is 11.9 Å². The van der Waals surface area contributed by atoms with Crippen LogP contribution >= 0.6 is 0 Å². The fourth-order valence-corrected chi connectivity index (χ4v) is 2.79. The van der Waals surface area contributed by atoms with Crippen molar-refractivity contribution in [1.29, 1.82) is 0 Å². The Bertz CT molecular complexity index is 483. The van der Waals surface area contributed by atoms with Gasteiger partial charge in [-0.2, -0.15) is 0 Å². The summed E-state index contributed by atoms with van der Waals surface area (Å²) >= 11 is 0. The minimum absolute atomic E-state index is 0.0133. The second kappa shape index (κ2) is 6.54. The molecule has 1 heterocycles. The summed E-state index contributed by atoms with van der Waals surface area (Å²) in [5, 5.41) is 14.9. The molecule has 0 aliphatic heterocycles. The summed E-state index contributed by atoms with van der Waals surface area (Å²) in [7, 11) is 0. The second-order valence-corrected chi connectivity index (χ2v) is 5.56. The van der Waals surface area contributed by atoms with Gasteiger partial charge in [0, 0.05) is 12.6 Å². The van der Waals surface area contributed by atoms with Gasteiger partial charge in [0.2, 0.25) is 5.76 Å². The molecule has 1 aromatic heterocycles. The lowest BCUT2D eigenvalue weighted by Crippen LogP contribution is -2.27. The first kappa shape index (κ1) is 14.6. The van der Waals surface area contributed by atoms with E-state index in [9.17, 15) is 9.59 Å². The van der Waals surface area contributed by atoms with E-state index in [2.05, 4.69) is 21.9 Å². The van der Waals surface area contributed by atoms with Crippen LogP contribution in [0.2, 0.25) is 0 Å². The number of nitrogens with zero attached hydrogens (tertiary/aromatic N) is 1. The largest absolute Gasteiger partial charge is 0.475 e. The quantitative estimate of drug-likeness (QED) is 0.863. The smallest absolute Gasteiger partial charge is 0.374 e. The van der Waals surface area contributed by atoms with E-state index in [1.165, 1.54) is 25.7 Å². The lowest BCUT2D eigenvalue weighted by Gasteiger charge is -2.26. The first-order valence-electron chi connectivity index (χ1n) is 7.04. The fraction of sp³-hybridized carbons (Fsp3) is 0.643. The zero-order valence-electron chi connectivity index (χ0n) is 11.6. The molecule has 0 aromatic carbocycles. The normalized spacial score (nSPS) is 22.4. The Kier molecular flexibility index (Phi) is 4.76. The highest BCUT2D eigenvalue weighted by Crippen LogP contribution is 2.30. The average Bonchev–Trinajstić information content (AvgIpc) is 2.88. The molecule has 2 unspecified atom stereocenters. The third kappa shape index (κ3) is 3.82. The molecule has 2 N–H and O–H groups in total. The third-order valence-corrected chi connectivity index (χ3v) is 3.84. The van der Waals surface area contributed by atoms with Gasteiger partial charge >= 0.3 is 5.97 Å². The van der Waals surface area contributed by atoms with Crippen LogP contribution < -0.4 is 5.32 Å². The van der Waals surface area contributed by atoms with E-state index in [1.807, 2.05) is 0 Å². The van der Waals surface area contributed by atoms with Gasteiger partial charge in [0.1, 0.15) is 0 Å². The standard InChI is InChI=1S/C14H20N2O4/c1-9-3-2-4-10(7-9)5-6-15-13(17)11-8-12(14(18)19)20-16-11/h8-10H,2-7H2,1H3,(H,15,17)(H,18,19). The van der Waals surface area contributed by atoms with Crippen LogP contribution in [0.3, 0.4) is 0 Å². The Labute approximate surface area is 117 Å². The molecule has 1 amide bonds. The van der Waals surface area contributed by atoms with Gasteiger partial charge < -0.3 is 14.9 Å². The van der Waals surface area contributed by atoms with E-state index in [-0.39, 0.29) is 17.4 Å². The van der Waals surface area contributed by atoms with Crippen LogP contribution in [0.5, 0.6) is 0 Å². The van der Waals surface area contributed by atoms with Crippen molar-refractivity contribution in [3.05, 3.63) is 17.5 Å². The van der Waals surface area contributed by atoms with Gasteiger partial charge in [-0.05, 0) is 24.7 Å². The molecule has 0 saturated heterocycles. The highest BCUT2D eigenvalue weighted by molar-refractivity contribution is 5.94. The maximum absolute atomic E-state index is 11.8.